The summed E-state index contributed by atoms with van der Waals surface area (Å²) < 4.78 is 1.72. The van der Waals surface area contributed by atoms with Crippen LogP contribution in [0.3, 0.4) is 0 Å². The highest BCUT2D eigenvalue weighted by molar-refractivity contribution is 5.97. The number of hydrogen-bond donors (Lipinski definition) is 1. The molecule has 2 saturated heterocycles. The van der Waals surface area contributed by atoms with Gasteiger partial charge < -0.3 is 15.1 Å². The molecule has 1 aromatic rings. The van der Waals surface area contributed by atoms with Crippen LogP contribution in [0.1, 0.15) is 26.7 Å². The zero-order chi connectivity index (χ0) is 18.0. The maximum atomic E-state index is 12.9. The average Bonchev–Trinajstić information content (AvgIpc) is 3.01. The van der Waals surface area contributed by atoms with Crippen molar-refractivity contribution in [3.8, 4) is 0 Å². The minimum absolute atomic E-state index is 0.0124. The van der Waals surface area contributed by atoms with Crippen molar-refractivity contribution in [3.63, 3.8) is 0 Å². The lowest BCUT2D eigenvalue weighted by Crippen LogP contribution is -2.59. The van der Waals surface area contributed by atoms with Crippen molar-refractivity contribution in [2.45, 2.75) is 38.8 Å². The van der Waals surface area contributed by atoms with E-state index >= 15 is 0 Å². The van der Waals surface area contributed by atoms with Gasteiger partial charge in [0.25, 0.3) is 0 Å². The fraction of sp³-hybridized carbons (Fsp3) is 0.706. The molecule has 0 radical (unpaired) electrons. The fourth-order valence-corrected chi connectivity index (χ4v) is 3.57. The van der Waals surface area contributed by atoms with Crippen LogP contribution in [-0.4, -0.2) is 76.3 Å². The first-order valence-corrected chi connectivity index (χ1v) is 9.05. The van der Waals surface area contributed by atoms with Gasteiger partial charge in [-0.15, -0.1) is 0 Å². The van der Waals surface area contributed by atoms with E-state index in [1.165, 1.54) is 0 Å². The van der Waals surface area contributed by atoms with Crippen molar-refractivity contribution < 1.29 is 9.59 Å². The van der Waals surface area contributed by atoms with E-state index in [4.69, 9.17) is 0 Å². The van der Waals surface area contributed by atoms with Gasteiger partial charge in [0.1, 0.15) is 0 Å². The first kappa shape index (κ1) is 17.7. The van der Waals surface area contributed by atoms with Crippen molar-refractivity contribution in [1.29, 1.82) is 0 Å². The number of aromatic nitrogens is 2. The normalized spacial score (nSPS) is 22.6. The summed E-state index contributed by atoms with van der Waals surface area (Å²) in [5.74, 6) is 0.152. The first-order chi connectivity index (χ1) is 12.0. The number of anilines is 1. The van der Waals surface area contributed by atoms with Crippen LogP contribution in [0.25, 0.3) is 0 Å². The summed E-state index contributed by atoms with van der Waals surface area (Å²) in [6.45, 7) is 7.47. The van der Waals surface area contributed by atoms with E-state index in [1.807, 2.05) is 36.9 Å². The van der Waals surface area contributed by atoms with E-state index in [2.05, 4.69) is 15.3 Å². The number of urea groups is 1. The predicted octanol–water partition coefficient (Wildman–Crippen LogP) is 0.651. The number of amides is 3. The zero-order valence-corrected chi connectivity index (χ0v) is 15.3. The Bertz CT molecular complexity index is 620. The molecule has 0 saturated carbocycles. The Hall–Kier alpha value is -2.09. The lowest BCUT2D eigenvalue weighted by atomic mass is 10.0. The number of rotatable bonds is 3. The summed E-state index contributed by atoms with van der Waals surface area (Å²) in [6, 6.07) is 0.0318. The van der Waals surface area contributed by atoms with Crippen LogP contribution in [0.2, 0.25) is 0 Å². The Morgan fingerprint density at radius 2 is 1.96 bits per heavy atom. The Morgan fingerprint density at radius 1 is 1.24 bits per heavy atom. The summed E-state index contributed by atoms with van der Waals surface area (Å²) in [4.78, 5) is 31.0. The van der Waals surface area contributed by atoms with Crippen molar-refractivity contribution in [2.24, 2.45) is 7.05 Å². The predicted molar refractivity (Wildman–Crippen MR) is 95.4 cm³/mol. The molecule has 8 nitrogen and oxygen atoms in total. The monoisotopic (exact) mass is 348 g/mol. The quantitative estimate of drug-likeness (QED) is 0.870. The molecule has 0 aromatic carbocycles. The second-order valence-corrected chi connectivity index (χ2v) is 7.15. The topological polar surface area (TPSA) is 73.7 Å². The molecule has 0 bridgehead atoms. The van der Waals surface area contributed by atoms with Crippen molar-refractivity contribution >= 4 is 17.6 Å². The van der Waals surface area contributed by atoms with Gasteiger partial charge >= 0.3 is 6.03 Å². The van der Waals surface area contributed by atoms with Crippen molar-refractivity contribution in [3.05, 3.63) is 12.4 Å². The molecule has 2 fully saturated rings. The minimum atomic E-state index is -0.0933. The van der Waals surface area contributed by atoms with Crippen molar-refractivity contribution in [1.82, 2.24) is 24.9 Å². The van der Waals surface area contributed by atoms with Gasteiger partial charge in [-0.1, -0.05) is 0 Å². The highest BCUT2D eigenvalue weighted by atomic mass is 16.2. The van der Waals surface area contributed by atoms with E-state index in [9.17, 15) is 9.59 Å². The van der Waals surface area contributed by atoms with E-state index in [1.54, 1.807) is 10.9 Å². The molecule has 1 aromatic heterocycles. The van der Waals surface area contributed by atoms with Gasteiger partial charge in [0.2, 0.25) is 5.91 Å². The Kier molecular flexibility index (Phi) is 5.27. The molecule has 138 valence electrons. The van der Waals surface area contributed by atoms with E-state index in [0.717, 1.165) is 38.2 Å². The maximum Gasteiger partial charge on any atom is 0.317 e. The van der Waals surface area contributed by atoms with Crippen LogP contribution >= 0.6 is 0 Å². The zero-order valence-electron chi connectivity index (χ0n) is 15.3. The number of hydrogen-bond acceptors (Lipinski definition) is 4. The highest BCUT2D eigenvalue weighted by Gasteiger charge is 2.36. The Balaban J connectivity index is 1.59. The molecule has 1 N–H and O–H groups in total. The second kappa shape index (κ2) is 7.43. The average molecular weight is 348 g/mol. The van der Waals surface area contributed by atoms with E-state index in [-0.39, 0.29) is 24.0 Å². The number of piperazine rings is 1. The SMILES string of the molecule is CC(C)NC(=O)N1CCN(C2CCCN(c3cnn(C)c3)C2=O)CC1. The number of carbonyl (C=O) groups excluding carboxylic acids is 2. The van der Waals surface area contributed by atoms with Crippen LogP contribution in [0, 0.1) is 0 Å². The number of nitrogens with zero attached hydrogens (tertiary/aromatic N) is 5. The van der Waals surface area contributed by atoms with Crippen LogP contribution in [-0.2, 0) is 11.8 Å². The lowest BCUT2D eigenvalue weighted by molar-refractivity contribution is -0.126. The molecule has 8 heteroatoms. The molecule has 3 heterocycles. The van der Waals surface area contributed by atoms with Gasteiger partial charge in [-0.25, -0.2) is 4.79 Å². The van der Waals surface area contributed by atoms with Crippen molar-refractivity contribution in [2.75, 3.05) is 37.6 Å². The molecule has 1 unspecified atom stereocenters. The molecule has 3 amide bonds. The fourth-order valence-electron chi connectivity index (χ4n) is 3.57. The van der Waals surface area contributed by atoms with E-state index in [0.29, 0.717) is 13.1 Å². The van der Waals surface area contributed by atoms with Gasteiger partial charge in [0.15, 0.2) is 0 Å². The number of carbonyl (C=O) groups is 2. The maximum absolute atomic E-state index is 12.9. The standard InChI is InChI=1S/C17H28N6O2/c1-13(2)19-17(25)22-9-7-21(8-10-22)15-5-4-6-23(16(15)24)14-11-18-20(3)12-14/h11-13,15H,4-10H2,1-3H3,(H,19,25). The van der Waals surface area contributed by atoms with Crippen LogP contribution in [0.5, 0.6) is 0 Å². The van der Waals surface area contributed by atoms with Crippen LogP contribution in [0.15, 0.2) is 12.4 Å². The second-order valence-electron chi connectivity index (χ2n) is 7.15. The third-order valence-electron chi connectivity index (χ3n) is 4.87. The molecule has 2 aliphatic rings. The largest absolute Gasteiger partial charge is 0.336 e. The lowest BCUT2D eigenvalue weighted by Gasteiger charge is -2.42. The molecule has 3 rings (SSSR count). The molecule has 25 heavy (non-hydrogen) atoms. The summed E-state index contributed by atoms with van der Waals surface area (Å²) in [6.07, 6.45) is 5.50. The summed E-state index contributed by atoms with van der Waals surface area (Å²) in [5.41, 5.74) is 0.868. The highest BCUT2D eigenvalue weighted by Crippen LogP contribution is 2.24. The molecular formula is C17H28N6O2. The number of nitrogens with one attached hydrogen (secondary N) is 1. The van der Waals surface area contributed by atoms with Gasteiger partial charge in [0, 0.05) is 52.0 Å². The van der Waals surface area contributed by atoms with Crippen LogP contribution in [0.4, 0.5) is 10.5 Å². The molecule has 2 aliphatic heterocycles. The van der Waals surface area contributed by atoms with Gasteiger partial charge in [-0.3, -0.25) is 14.4 Å². The van der Waals surface area contributed by atoms with Crippen LogP contribution < -0.4 is 10.2 Å². The number of aryl methyl sites for hydroxylation is 1. The molecular weight excluding hydrogens is 320 g/mol. The molecule has 0 aliphatic carbocycles. The number of piperidine rings is 1. The smallest absolute Gasteiger partial charge is 0.317 e. The van der Waals surface area contributed by atoms with Gasteiger partial charge in [0.05, 0.1) is 17.9 Å². The summed E-state index contributed by atoms with van der Waals surface area (Å²) in [7, 11) is 1.86. The van der Waals surface area contributed by atoms with E-state index < -0.39 is 0 Å². The summed E-state index contributed by atoms with van der Waals surface area (Å²) in [5, 5.41) is 7.11. The van der Waals surface area contributed by atoms with Gasteiger partial charge in [-0.05, 0) is 26.7 Å². The molecule has 1 atom stereocenters. The summed E-state index contributed by atoms with van der Waals surface area (Å²) >= 11 is 0. The minimum Gasteiger partial charge on any atom is -0.336 e. The first-order valence-electron chi connectivity index (χ1n) is 9.05. The molecule has 0 spiro atoms. The van der Waals surface area contributed by atoms with Gasteiger partial charge in [-0.2, -0.15) is 5.10 Å². The third-order valence-corrected chi connectivity index (χ3v) is 4.87. The Morgan fingerprint density at radius 3 is 2.56 bits per heavy atom. The Labute approximate surface area is 148 Å². The third kappa shape index (κ3) is 3.95.